The van der Waals surface area contributed by atoms with Crippen LogP contribution >= 0.6 is 39.3 Å². The van der Waals surface area contributed by atoms with Crippen molar-refractivity contribution >= 4 is 50.9 Å². The molecule has 0 N–H and O–H groups in total. The van der Waals surface area contributed by atoms with Gasteiger partial charge < -0.3 is 5.11 Å². The number of benzene rings is 2. The third-order valence-corrected chi connectivity index (χ3v) is 5.98. The molecule has 29 heavy (non-hydrogen) atoms. The van der Waals surface area contributed by atoms with E-state index in [9.17, 15) is 9.90 Å². The van der Waals surface area contributed by atoms with Gasteiger partial charge in [-0.2, -0.15) is 0 Å². The van der Waals surface area contributed by atoms with Crippen molar-refractivity contribution < 1.29 is 14.6 Å². The number of amides is 1. The van der Waals surface area contributed by atoms with Gasteiger partial charge in [0.05, 0.1) is 17.1 Å². The summed E-state index contributed by atoms with van der Waals surface area (Å²) in [6.45, 7) is 1.81. The fraction of sp³-hybridized carbons (Fsp3) is 0.200. The van der Waals surface area contributed by atoms with Crippen LogP contribution in [0.2, 0.25) is 5.02 Å². The molecule has 1 aromatic heterocycles. The fourth-order valence-corrected chi connectivity index (χ4v) is 4.25. The van der Waals surface area contributed by atoms with Crippen molar-refractivity contribution in [1.82, 2.24) is 10.1 Å². The largest absolute Gasteiger partial charge is 0.854 e. The zero-order valence-electron chi connectivity index (χ0n) is 15.6. The zero-order valence-corrected chi connectivity index (χ0v) is 18.8. The molecule has 9 heteroatoms. The molecule has 1 aliphatic rings. The predicted molar refractivity (Wildman–Crippen MR) is 114 cm³/mol. The fourth-order valence-electron chi connectivity index (χ4n) is 3.42. The molecule has 148 valence electrons. The summed E-state index contributed by atoms with van der Waals surface area (Å²) in [5.41, 5.74) is 2.40. The second-order valence-corrected chi connectivity index (χ2v) is 8.53. The maximum absolute atomic E-state index is 13.1. The van der Waals surface area contributed by atoms with Crippen LogP contribution in [0.1, 0.15) is 25.1 Å². The first-order chi connectivity index (χ1) is 13.9. The first-order valence-electron chi connectivity index (χ1n) is 8.87. The van der Waals surface area contributed by atoms with Crippen molar-refractivity contribution in [3.8, 4) is 17.1 Å². The minimum atomic E-state index is -0.620. The molecular formula is C20H16BrClN4O2S. The van der Waals surface area contributed by atoms with Crippen LogP contribution < -0.4 is 14.7 Å². The third kappa shape index (κ3) is 3.49. The number of carbonyl (C=O) groups is 1. The first-order valence-corrected chi connectivity index (χ1v) is 11.3. The molecule has 0 fully saturated rings. The average molecular weight is 492 g/mol. The first kappa shape index (κ1) is 20.1. The molecule has 6 nitrogen and oxygen atoms in total. The normalized spacial score (nSPS) is 15.0. The van der Waals surface area contributed by atoms with Crippen molar-refractivity contribution in [3.63, 3.8) is 0 Å². The molecule has 2 aromatic carbocycles. The van der Waals surface area contributed by atoms with Crippen LogP contribution in [0.4, 0.5) is 5.69 Å². The summed E-state index contributed by atoms with van der Waals surface area (Å²) in [6, 6.07) is 12.7. The quantitative estimate of drug-likeness (QED) is 0.410. The maximum atomic E-state index is 13.1. The molecule has 1 atom stereocenters. The van der Waals surface area contributed by atoms with Crippen LogP contribution in [0.5, 0.6) is 5.88 Å². The van der Waals surface area contributed by atoms with E-state index in [4.69, 9.17) is 11.6 Å². The second-order valence-electron chi connectivity index (χ2n) is 6.40. The number of hydrogen-bond donors (Lipinski definition) is 0. The number of thioether (sulfide) groups is 1. The summed E-state index contributed by atoms with van der Waals surface area (Å²) in [7, 11) is 0. The van der Waals surface area contributed by atoms with Crippen molar-refractivity contribution in [2.45, 2.75) is 24.7 Å². The van der Waals surface area contributed by atoms with Crippen LogP contribution in [-0.2, 0) is 4.79 Å². The van der Waals surface area contributed by atoms with E-state index in [-0.39, 0.29) is 11.8 Å². The topological polar surface area (TPSA) is 73.0 Å². The highest BCUT2D eigenvalue weighted by Gasteiger charge is 2.44. The van der Waals surface area contributed by atoms with Gasteiger partial charge in [-0.1, -0.05) is 50.9 Å². The Labute approximate surface area is 185 Å². The third-order valence-electron chi connectivity index (χ3n) is 4.69. The molecule has 0 spiro atoms. The van der Waals surface area contributed by atoms with E-state index < -0.39 is 6.17 Å². The molecule has 4 rings (SSSR count). The molecule has 2 heterocycles. The van der Waals surface area contributed by atoms with E-state index in [0.29, 0.717) is 33.5 Å². The van der Waals surface area contributed by atoms with Gasteiger partial charge in [-0.3, -0.25) is 4.79 Å². The number of rotatable bonds is 3. The van der Waals surface area contributed by atoms with E-state index in [1.807, 2.05) is 37.3 Å². The Kier molecular flexibility index (Phi) is 5.50. The van der Waals surface area contributed by atoms with Gasteiger partial charge in [0.15, 0.2) is 0 Å². The second kappa shape index (κ2) is 7.93. The van der Waals surface area contributed by atoms with Crippen LogP contribution in [-0.4, -0.2) is 22.2 Å². The van der Waals surface area contributed by atoms with Gasteiger partial charge in [0.2, 0.25) is 5.91 Å². The number of aromatic nitrogens is 3. The molecule has 1 aliphatic heterocycles. The van der Waals surface area contributed by atoms with Gasteiger partial charge in [-0.15, -0.1) is 0 Å². The highest BCUT2D eigenvalue weighted by Crippen LogP contribution is 2.42. The van der Waals surface area contributed by atoms with Crippen molar-refractivity contribution in [2.75, 3.05) is 11.2 Å². The molecule has 0 radical (unpaired) electrons. The lowest BCUT2D eigenvalue weighted by Gasteiger charge is -2.33. The molecule has 3 aromatic rings. The summed E-state index contributed by atoms with van der Waals surface area (Å²) in [5, 5.41) is 18.5. The van der Waals surface area contributed by atoms with Crippen LogP contribution in [0.25, 0.3) is 11.3 Å². The minimum Gasteiger partial charge on any atom is -0.854 e. The molecule has 0 bridgehead atoms. The Balaban J connectivity index is 2.08. The van der Waals surface area contributed by atoms with E-state index in [2.05, 4.69) is 26.0 Å². The van der Waals surface area contributed by atoms with E-state index in [1.165, 1.54) is 11.8 Å². The lowest BCUT2D eigenvalue weighted by atomic mass is 10.0. The van der Waals surface area contributed by atoms with Crippen molar-refractivity contribution in [3.05, 3.63) is 57.5 Å². The lowest BCUT2D eigenvalue weighted by molar-refractivity contribution is -0.764. The van der Waals surface area contributed by atoms with E-state index in [0.717, 1.165) is 10.0 Å². The average Bonchev–Trinajstić information content (AvgIpc) is 2.72. The molecular weight excluding hydrogens is 476 g/mol. The standard InChI is InChI=1S/C20H16BrClN4O2S/c1-3-16(27)25-15-9-6-12(21)10-14(15)17-18(28)23-20(29-2)24-26(17)19(25)11-4-7-13(22)8-5-11/h4-10,19H,3H2,1-2H3. The highest BCUT2D eigenvalue weighted by molar-refractivity contribution is 9.10. The molecule has 0 aliphatic carbocycles. The van der Waals surface area contributed by atoms with Crippen molar-refractivity contribution in [2.24, 2.45) is 0 Å². The van der Waals surface area contributed by atoms with Crippen LogP contribution in [0.3, 0.4) is 0 Å². The summed E-state index contributed by atoms with van der Waals surface area (Å²) in [5.74, 6) is -0.463. The number of nitrogens with zero attached hydrogens (tertiary/aromatic N) is 4. The summed E-state index contributed by atoms with van der Waals surface area (Å²) < 4.78 is 2.40. The molecule has 0 saturated carbocycles. The number of anilines is 1. The summed E-state index contributed by atoms with van der Waals surface area (Å²) in [4.78, 5) is 18.9. The smallest absolute Gasteiger partial charge is 0.293 e. The van der Waals surface area contributed by atoms with Crippen LogP contribution in [0, 0.1) is 0 Å². The number of halogens is 2. The van der Waals surface area contributed by atoms with E-state index in [1.54, 1.807) is 28.0 Å². The Morgan fingerprint density at radius 2 is 2.03 bits per heavy atom. The lowest BCUT2D eigenvalue weighted by Crippen LogP contribution is -2.59. The Bertz CT molecular complexity index is 1110. The van der Waals surface area contributed by atoms with Gasteiger partial charge in [0, 0.05) is 26.6 Å². The maximum Gasteiger partial charge on any atom is 0.293 e. The number of carbonyl (C=O) groups excluding carboxylic acids is 1. The molecule has 0 saturated heterocycles. The minimum absolute atomic E-state index is 0.0802. The summed E-state index contributed by atoms with van der Waals surface area (Å²) >= 11 is 10.8. The summed E-state index contributed by atoms with van der Waals surface area (Å²) in [6.07, 6.45) is 1.49. The highest BCUT2D eigenvalue weighted by atomic mass is 79.9. The predicted octanol–water partition coefficient (Wildman–Crippen LogP) is 3.95. The van der Waals surface area contributed by atoms with Gasteiger partial charge in [-0.25, -0.2) is 9.88 Å². The van der Waals surface area contributed by atoms with Gasteiger partial charge in [-0.05, 0) is 48.7 Å². The SMILES string of the molecule is CCC(=O)N1c2ccc(Br)cc2-c2c([O-])nc(SC)n[n+]2C1c1ccc(Cl)cc1. The molecule has 1 amide bonds. The molecule has 1 unspecified atom stereocenters. The number of hydrogen-bond acceptors (Lipinski definition) is 5. The van der Waals surface area contributed by atoms with Gasteiger partial charge in [0.1, 0.15) is 0 Å². The Morgan fingerprint density at radius 1 is 1.31 bits per heavy atom. The monoisotopic (exact) mass is 490 g/mol. The zero-order chi connectivity index (χ0) is 20.7. The van der Waals surface area contributed by atoms with Gasteiger partial charge >= 0.3 is 0 Å². The van der Waals surface area contributed by atoms with Crippen LogP contribution in [0.15, 0.2) is 52.1 Å². The van der Waals surface area contributed by atoms with Gasteiger partial charge in [0.25, 0.3) is 17.0 Å². The Hall–Kier alpha value is -2.16. The van der Waals surface area contributed by atoms with E-state index >= 15 is 0 Å². The number of fused-ring (bicyclic) bond motifs is 3. The van der Waals surface area contributed by atoms with Crippen molar-refractivity contribution in [1.29, 1.82) is 0 Å². The Morgan fingerprint density at radius 3 is 2.69 bits per heavy atom.